The lowest BCUT2D eigenvalue weighted by Crippen LogP contribution is -2.49. The average molecular weight is 279 g/mol. The van der Waals surface area contributed by atoms with E-state index in [0.29, 0.717) is 0 Å². The molecule has 3 rings (SSSR count). The summed E-state index contributed by atoms with van der Waals surface area (Å²) in [6.07, 6.45) is 4.23. The number of benzene rings is 1. The van der Waals surface area contributed by atoms with Crippen molar-refractivity contribution in [1.82, 2.24) is 4.90 Å². The number of hydrogen-bond donors (Lipinski definition) is 0. The maximum absolute atomic E-state index is 5.95. The summed E-state index contributed by atoms with van der Waals surface area (Å²) in [5, 5.41) is 0.822. The molecule has 1 aliphatic heterocycles. The zero-order valence-corrected chi connectivity index (χ0v) is 12.4. The van der Waals surface area contributed by atoms with Crippen LogP contribution in [0.4, 0.5) is 5.69 Å². The molecule has 2 unspecified atom stereocenters. The molecule has 0 spiro atoms. The Morgan fingerprint density at radius 2 is 1.68 bits per heavy atom. The highest BCUT2D eigenvalue weighted by Crippen LogP contribution is 2.30. The molecular formula is C16H23ClN2. The van der Waals surface area contributed by atoms with Crippen molar-refractivity contribution in [3.05, 3.63) is 29.3 Å². The average Bonchev–Trinajstić information content (AvgIpc) is 2.87. The van der Waals surface area contributed by atoms with Crippen LogP contribution in [-0.4, -0.2) is 37.1 Å². The minimum atomic E-state index is 0.822. The van der Waals surface area contributed by atoms with Crippen LogP contribution in [0, 0.1) is 5.92 Å². The fourth-order valence-electron chi connectivity index (χ4n) is 3.51. The van der Waals surface area contributed by atoms with E-state index in [-0.39, 0.29) is 0 Å². The number of halogens is 1. The lowest BCUT2D eigenvalue weighted by molar-refractivity contribution is 0.184. The number of nitrogens with zero attached hydrogens (tertiary/aromatic N) is 2. The zero-order chi connectivity index (χ0) is 13.2. The molecule has 0 aromatic heterocycles. The van der Waals surface area contributed by atoms with Crippen molar-refractivity contribution < 1.29 is 0 Å². The first-order valence-electron chi connectivity index (χ1n) is 7.47. The van der Waals surface area contributed by atoms with E-state index >= 15 is 0 Å². The molecule has 1 aromatic rings. The van der Waals surface area contributed by atoms with Gasteiger partial charge in [-0.25, -0.2) is 0 Å². The van der Waals surface area contributed by atoms with E-state index in [2.05, 4.69) is 28.9 Å². The van der Waals surface area contributed by atoms with Crippen molar-refractivity contribution in [3.8, 4) is 0 Å². The third kappa shape index (κ3) is 3.06. The molecule has 2 aliphatic rings. The Morgan fingerprint density at radius 3 is 2.26 bits per heavy atom. The molecule has 3 heteroatoms. The van der Waals surface area contributed by atoms with Gasteiger partial charge >= 0.3 is 0 Å². The Morgan fingerprint density at radius 1 is 1.00 bits per heavy atom. The third-order valence-corrected chi connectivity index (χ3v) is 4.94. The molecule has 1 saturated carbocycles. The molecule has 1 aromatic carbocycles. The smallest absolute Gasteiger partial charge is 0.0407 e. The Labute approximate surface area is 121 Å². The van der Waals surface area contributed by atoms with Gasteiger partial charge in [0.15, 0.2) is 0 Å². The monoisotopic (exact) mass is 278 g/mol. The van der Waals surface area contributed by atoms with Crippen molar-refractivity contribution in [1.29, 1.82) is 0 Å². The van der Waals surface area contributed by atoms with E-state index in [1.54, 1.807) is 0 Å². The van der Waals surface area contributed by atoms with Crippen molar-refractivity contribution in [3.63, 3.8) is 0 Å². The minimum Gasteiger partial charge on any atom is -0.369 e. The van der Waals surface area contributed by atoms with Gasteiger partial charge in [-0.2, -0.15) is 0 Å². The van der Waals surface area contributed by atoms with Crippen molar-refractivity contribution in [2.75, 3.05) is 31.1 Å². The summed E-state index contributed by atoms with van der Waals surface area (Å²) >= 11 is 5.95. The predicted octanol–water partition coefficient (Wildman–Crippen LogP) is 3.65. The van der Waals surface area contributed by atoms with Crippen LogP contribution in [-0.2, 0) is 0 Å². The van der Waals surface area contributed by atoms with E-state index in [0.717, 1.165) is 30.1 Å². The molecule has 2 atom stereocenters. The third-order valence-electron chi connectivity index (χ3n) is 4.69. The van der Waals surface area contributed by atoms with Crippen LogP contribution in [0.2, 0.25) is 5.02 Å². The number of rotatable bonds is 2. The number of piperazine rings is 1. The van der Waals surface area contributed by atoms with Gasteiger partial charge in [-0.3, -0.25) is 4.90 Å². The van der Waals surface area contributed by atoms with Crippen LogP contribution >= 0.6 is 11.6 Å². The van der Waals surface area contributed by atoms with E-state index in [9.17, 15) is 0 Å². The summed E-state index contributed by atoms with van der Waals surface area (Å²) in [5.74, 6) is 0.930. The summed E-state index contributed by atoms with van der Waals surface area (Å²) < 4.78 is 0. The van der Waals surface area contributed by atoms with Gasteiger partial charge in [-0.1, -0.05) is 18.5 Å². The number of anilines is 1. The van der Waals surface area contributed by atoms with Gasteiger partial charge in [0.1, 0.15) is 0 Å². The van der Waals surface area contributed by atoms with Crippen LogP contribution in [0.3, 0.4) is 0 Å². The van der Waals surface area contributed by atoms with Gasteiger partial charge in [0.25, 0.3) is 0 Å². The first-order chi connectivity index (χ1) is 9.22. The van der Waals surface area contributed by atoms with Crippen LogP contribution in [0.15, 0.2) is 24.3 Å². The summed E-state index contributed by atoms with van der Waals surface area (Å²) in [4.78, 5) is 5.18. The second-order valence-electron chi connectivity index (χ2n) is 6.07. The Bertz CT molecular complexity index is 409. The van der Waals surface area contributed by atoms with Gasteiger partial charge in [0, 0.05) is 42.9 Å². The molecule has 2 fully saturated rings. The molecule has 104 valence electrons. The normalized spacial score (nSPS) is 28.8. The Hall–Kier alpha value is -0.730. The SMILES string of the molecule is CC1CCC(N2CCN(c3ccc(Cl)cc3)CC2)C1. The molecule has 2 nitrogen and oxygen atoms in total. The lowest BCUT2D eigenvalue weighted by Gasteiger charge is -2.39. The second-order valence-corrected chi connectivity index (χ2v) is 6.51. The van der Waals surface area contributed by atoms with Crippen LogP contribution < -0.4 is 4.90 Å². The van der Waals surface area contributed by atoms with Gasteiger partial charge in [-0.15, -0.1) is 0 Å². The minimum absolute atomic E-state index is 0.822. The molecule has 19 heavy (non-hydrogen) atoms. The molecule has 1 aliphatic carbocycles. The molecule has 0 amide bonds. The van der Waals surface area contributed by atoms with E-state index < -0.39 is 0 Å². The molecule has 0 radical (unpaired) electrons. The standard InChI is InChI=1S/C16H23ClN2/c1-13-2-5-16(12-13)19-10-8-18(9-11-19)15-6-3-14(17)4-7-15/h3-4,6-7,13,16H,2,5,8-12H2,1H3. The lowest BCUT2D eigenvalue weighted by atomic mass is 10.1. The van der Waals surface area contributed by atoms with Gasteiger partial charge in [0.05, 0.1) is 0 Å². The Balaban J connectivity index is 1.56. The highest BCUT2D eigenvalue weighted by Gasteiger charge is 2.29. The Kier molecular flexibility index (Phi) is 3.99. The quantitative estimate of drug-likeness (QED) is 0.815. The van der Waals surface area contributed by atoms with E-state index in [4.69, 9.17) is 11.6 Å². The van der Waals surface area contributed by atoms with Gasteiger partial charge < -0.3 is 4.90 Å². The summed E-state index contributed by atoms with van der Waals surface area (Å²) in [7, 11) is 0. The van der Waals surface area contributed by atoms with Crippen molar-refractivity contribution in [2.24, 2.45) is 5.92 Å². The first kappa shape index (κ1) is 13.3. The van der Waals surface area contributed by atoms with Crippen molar-refractivity contribution >= 4 is 17.3 Å². The van der Waals surface area contributed by atoms with E-state index in [1.807, 2.05) is 12.1 Å². The maximum Gasteiger partial charge on any atom is 0.0407 e. The fraction of sp³-hybridized carbons (Fsp3) is 0.625. The summed E-state index contributed by atoms with van der Waals surface area (Å²) in [5.41, 5.74) is 1.31. The largest absolute Gasteiger partial charge is 0.369 e. The molecule has 0 N–H and O–H groups in total. The topological polar surface area (TPSA) is 6.48 Å². The van der Waals surface area contributed by atoms with E-state index in [1.165, 1.54) is 38.0 Å². The first-order valence-corrected chi connectivity index (χ1v) is 7.85. The predicted molar refractivity (Wildman–Crippen MR) is 82.0 cm³/mol. The highest BCUT2D eigenvalue weighted by molar-refractivity contribution is 6.30. The van der Waals surface area contributed by atoms with Gasteiger partial charge in [-0.05, 0) is 49.4 Å². The molecule has 1 heterocycles. The highest BCUT2D eigenvalue weighted by atomic mass is 35.5. The van der Waals surface area contributed by atoms with Crippen LogP contribution in [0.5, 0.6) is 0 Å². The molecule has 0 bridgehead atoms. The van der Waals surface area contributed by atoms with Crippen molar-refractivity contribution in [2.45, 2.75) is 32.2 Å². The van der Waals surface area contributed by atoms with Crippen LogP contribution in [0.1, 0.15) is 26.2 Å². The maximum atomic E-state index is 5.95. The summed E-state index contributed by atoms with van der Waals surface area (Å²) in [6, 6.07) is 9.09. The molecular weight excluding hydrogens is 256 g/mol. The summed E-state index contributed by atoms with van der Waals surface area (Å²) in [6.45, 7) is 7.10. The second kappa shape index (κ2) is 5.72. The fourth-order valence-corrected chi connectivity index (χ4v) is 3.63. The number of hydrogen-bond acceptors (Lipinski definition) is 2. The zero-order valence-electron chi connectivity index (χ0n) is 11.7. The van der Waals surface area contributed by atoms with Crippen LogP contribution in [0.25, 0.3) is 0 Å². The molecule has 1 saturated heterocycles. The van der Waals surface area contributed by atoms with Gasteiger partial charge in [0.2, 0.25) is 0 Å².